The summed E-state index contributed by atoms with van der Waals surface area (Å²) in [4.78, 5) is 4.50. The van der Waals surface area contributed by atoms with E-state index >= 15 is 0 Å². The third kappa shape index (κ3) is 3.94. The van der Waals surface area contributed by atoms with E-state index in [1.807, 2.05) is 0 Å². The van der Waals surface area contributed by atoms with Crippen molar-refractivity contribution in [2.45, 2.75) is 6.92 Å². The second kappa shape index (κ2) is 5.09. The summed E-state index contributed by atoms with van der Waals surface area (Å²) in [7, 11) is -0.690. The molecular formula is C9H20N2O2S. The van der Waals surface area contributed by atoms with Crippen molar-refractivity contribution < 1.29 is 8.42 Å². The van der Waals surface area contributed by atoms with E-state index in [4.69, 9.17) is 0 Å². The lowest BCUT2D eigenvalue weighted by Gasteiger charge is -2.32. The zero-order valence-corrected chi connectivity index (χ0v) is 9.89. The highest BCUT2D eigenvalue weighted by Crippen LogP contribution is 2.00. The number of hydrogen-bond acceptors (Lipinski definition) is 4. The van der Waals surface area contributed by atoms with Gasteiger partial charge in [0.15, 0.2) is 9.84 Å². The minimum atomic E-state index is -2.79. The molecule has 0 aromatic rings. The normalized spacial score (nSPS) is 21.3. The average Bonchev–Trinajstić information content (AvgIpc) is 2.17. The van der Waals surface area contributed by atoms with Gasteiger partial charge in [0, 0.05) is 38.5 Å². The van der Waals surface area contributed by atoms with E-state index < -0.39 is 9.84 Å². The number of piperazine rings is 1. The highest BCUT2D eigenvalue weighted by atomic mass is 32.2. The maximum atomic E-state index is 11.3. The molecular weight excluding hydrogens is 200 g/mol. The van der Waals surface area contributed by atoms with Gasteiger partial charge in [-0.25, -0.2) is 8.42 Å². The Morgan fingerprint density at radius 3 is 2.21 bits per heavy atom. The first-order chi connectivity index (χ1) is 6.53. The lowest BCUT2D eigenvalue weighted by molar-refractivity contribution is 0.161. The molecule has 1 fully saturated rings. The highest BCUT2D eigenvalue weighted by Gasteiger charge is 2.16. The standard InChI is InChI=1S/C9H20N2O2S/c1-3-14(12,13)9-8-11-6-4-10(2)5-7-11/h3-9H2,1-2H3. The minimum Gasteiger partial charge on any atom is -0.304 e. The molecule has 84 valence electrons. The topological polar surface area (TPSA) is 40.6 Å². The van der Waals surface area contributed by atoms with Gasteiger partial charge in [-0.2, -0.15) is 0 Å². The third-order valence-corrected chi connectivity index (χ3v) is 4.44. The van der Waals surface area contributed by atoms with E-state index in [1.165, 1.54) is 0 Å². The van der Waals surface area contributed by atoms with Gasteiger partial charge in [-0.3, -0.25) is 4.90 Å². The molecule has 1 aliphatic heterocycles. The smallest absolute Gasteiger partial charge is 0.151 e. The van der Waals surface area contributed by atoms with Gasteiger partial charge in [-0.15, -0.1) is 0 Å². The van der Waals surface area contributed by atoms with Gasteiger partial charge in [0.2, 0.25) is 0 Å². The van der Waals surface area contributed by atoms with Crippen molar-refractivity contribution in [1.82, 2.24) is 9.80 Å². The molecule has 0 spiro atoms. The van der Waals surface area contributed by atoms with Crippen molar-refractivity contribution in [3.63, 3.8) is 0 Å². The van der Waals surface area contributed by atoms with Crippen molar-refractivity contribution in [3.05, 3.63) is 0 Å². The fraction of sp³-hybridized carbons (Fsp3) is 1.00. The number of rotatable bonds is 4. The Morgan fingerprint density at radius 1 is 1.14 bits per heavy atom. The molecule has 0 radical (unpaired) electrons. The van der Waals surface area contributed by atoms with Crippen LogP contribution >= 0.6 is 0 Å². The molecule has 0 unspecified atom stereocenters. The monoisotopic (exact) mass is 220 g/mol. The Labute approximate surface area is 86.8 Å². The second-order valence-electron chi connectivity index (χ2n) is 3.88. The number of likely N-dealkylation sites (N-methyl/N-ethyl adjacent to an activating group) is 1. The predicted molar refractivity (Wildman–Crippen MR) is 58.3 cm³/mol. The molecule has 1 heterocycles. The summed E-state index contributed by atoms with van der Waals surface area (Å²) in [6, 6.07) is 0. The van der Waals surface area contributed by atoms with Crippen molar-refractivity contribution >= 4 is 9.84 Å². The van der Waals surface area contributed by atoms with Crippen molar-refractivity contribution in [2.75, 3.05) is 51.3 Å². The first-order valence-corrected chi connectivity index (χ1v) is 6.97. The summed E-state index contributed by atoms with van der Waals surface area (Å²) < 4.78 is 22.5. The van der Waals surface area contributed by atoms with Crippen molar-refractivity contribution in [3.8, 4) is 0 Å². The fourth-order valence-electron chi connectivity index (χ4n) is 1.48. The van der Waals surface area contributed by atoms with Gasteiger partial charge in [0.1, 0.15) is 0 Å². The average molecular weight is 220 g/mol. The van der Waals surface area contributed by atoms with Gasteiger partial charge >= 0.3 is 0 Å². The summed E-state index contributed by atoms with van der Waals surface area (Å²) in [5, 5.41) is 0. The van der Waals surface area contributed by atoms with Gasteiger partial charge in [-0.05, 0) is 7.05 Å². The molecule has 0 aliphatic carbocycles. The van der Waals surface area contributed by atoms with Crippen LogP contribution in [0.5, 0.6) is 0 Å². The summed E-state index contributed by atoms with van der Waals surface area (Å²) in [5.41, 5.74) is 0. The van der Waals surface area contributed by atoms with E-state index in [9.17, 15) is 8.42 Å². The molecule has 0 saturated carbocycles. The zero-order chi connectivity index (χ0) is 10.6. The van der Waals surface area contributed by atoms with Crippen molar-refractivity contribution in [1.29, 1.82) is 0 Å². The molecule has 5 heteroatoms. The van der Waals surface area contributed by atoms with Crippen LogP contribution in [0.1, 0.15) is 6.92 Å². The van der Waals surface area contributed by atoms with E-state index in [0.717, 1.165) is 26.2 Å². The summed E-state index contributed by atoms with van der Waals surface area (Å²) in [6.07, 6.45) is 0. The van der Waals surface area contributed by atoms with E-state index in [-0.39, 0.29) is 5.75 Å². The molecule has 0 aromatic heterocycles. The maximum Gasteiger partial charge on any atom is 0.151 e. The van der Waals surface area contributed by atoms with Crippen LogP contribution in [-0.2, 0) is 9.84 Å². The Morgan fingerprint density at radius 2 is 1.71 bits per heavy atom. The lowest BCUT2D eigenvalue weighted by Crippen LogP contribution is -2.45. The Hall–Kier alpha value is -0.130. The van der Waals surface area contributed by atoms with Crippen LogP contribution in [0.25, 0.3) is 0 Å². The number of nitrogens with zero attached hydrogens (tertiary/aromatic N) is 2. The van der Waals surface area contributed by atoms with Gasteiger partial charge in [-0.1, -0.05) is 6.92 Å². The van der Waals surface area contributed by atoms with Gasteiger partial charge in [0.25, 0.3) is 0 Å². The van der Waals surface area contributed by atoms with Gasteiger partial charge in [0.05, 0.1) is 5.75 Å². The molecule has 0 aromatic carbocycles. The summed E-state index contributed by atoms with van der Waals surface area (Å²) in [5.74, 6) is 0.577. The lowest BCUT2D eigenvalue weighted by atomic mass is 10.3. The molecule has 0 amide bonds. The van der Waals surface area contributed by atoms with Crippen LogP contribution in [0.3, 0.4) is 0 Å². The number of hydrogen-bond donors (Lipinski definition) is 0. The fourth-order valence-corrected chi connectivity index (χ4v) is 2.31. The Balaban J connectivity index is 2.26. The first-order valence-electron chi connectivity index (χ1n) is 5.15. The molecule has 0 atom stereocenters. The predicted octanol–water partition coefficient (Wildman–Crippen LogP) is -0.331. The Bertz CT molecular complexity index is 256. The summed E-state index contributed by atoms with van der Waals surface area (Å²) >= 11 is 0. The van der Waals surface area contributed by atoms with Crippen molar-refractivity contribution in [2.24, 2.45) is 0 Å². The molecule has 1 rings (SSSR count). The molecule has 1 saturated heterocycles. The SMILES string of the molecule is CCS(=O)(=O)CCN1CCN(C)CC1. The zero-order valence-electron chi connectivity index (χ0n) is 9.07. The highest BCUT2D eigenvalue weighted by molar-refractivity contribution is 7.91. The van der Waals surface area contributed by atoms with E-state index in [1.54, 1.807) is 6.92 Å². The Kier molecular flexibility index (Phi) is 4.34. The third-order valence-electron chi connectivity index (χ3n) is 2.75. The van der Waals surface area contributed by atoms with E-state index in [2.05, 4.69) is 16.8 Å². The van der Waals surface area contributed by atoms with Crippen LogP contribution in [0.4, 0.5) is 0 Å². The molecule has 4 nitrogen and oxygen atoms in total. The molecule has 14 heavy (non-hydrogen) atoms. The first kappa shape index (κ1) is 11.9. The molecule has 0 N–H and O–H groups in total. The van der Waals surface area contributed by atoms with Crippen LogP contribution in [0.2, 0.25) is 0 Å². The molecule has 1 aliphatic rings. The van der Waals surface area contributed by atoms with Crippen LogP contribution in [0.15, 0.2) is 0 Å². The van der Waals surface area contributed by atoms with Crippen LogP contribution < -0.4 is 0 Å². The largest absolute Gasteiger partial charge is 0.304 e. The minimum absolute atomic E-state index is 0.265. The molecule has 0 bridgehead atoms. The maximum absolute atomic E-state index is 11.3. The summed E-state index contributed by atoms with van der Waals surface area (Å²) in [6.45, 7) is 6.49. The van der Waals surface area contributed by atoms with Crippen LogP contribution in [-0.4, -0.2) is 69.5 Å². The van der Waals surface area contributed by atoms with Gasteiger partial charge < -0.3 is 4.90 Å². The quantitative estimate of drug-likeness (QED) is 0.650. The second-order valence-corrected chi connectivity index (χ2v) is 6.35. The number of sulfone groups is 1. The van der Waals surface area contributed by atoms with Crippen LogP contribution in [0, 0.1) is 0 Å². The van der Waals surface area contributed by atoms with E-state index in [0.29, 0.717) is 12.3 Å².